The lowest BCUT2D eigenvalue weighted by atomic mass is 10.3. The number of hydrogen-bond acceptors (Lipinski definition) is 3. The third kappa shape index (κ3) is 1.97. The van der Waals surface area contributed by atoms with Crippen LogP contribution in [0.2, 0.25) is 0 Å². The molecule has 1 aliphatic rings. The number of ether oxygens (including phenoxy) is 1. The number of hydrogen-bond donors (Lipinski definition) is 0. The summed E-state index contributed by atoms with van der Waals surface area (Å²) in [5.74, 6) is -0.174. The van der Waals surface area contributed by atoms with Crippen LogP contribution in [0.25, 0.3) is 0 Å². The molecule has 12 heavy (non-hydrogen) atoms. The molecule has 1 aliphatic heterocycles. The zero-order valence-electron chi connectivity index (χ0n) is 7.65. The maximum Gasteiger partial charge on any atom is 0.238 e. The van der Waals surface area contributed by atoms with Gasteiger partial charge in [0.15, 0.2) is 5.94 Å². The van der Waals surface area contributed by atoms with Crippen LogP contribution in [0.5, 0.6) is 0 Å². The molecular weight excluding hydrogens is 178 g/mol. The first kappa shape index (κ1) is 9.95. The van der Waals surface area contributed by atoms with E-state index < -0.39 is 10.0 Å². The van der Waals surface area contributed by atoms with Gasteiger partial charge in [-0.1, -0.05) is 0 Å². The first-order valence-corrected chi connectivity index (χ1v) is 5.65. The lowest BCUT2D eigenvalue weighted by Crippen LogP contribution is -2.48. The zero-order valence-corrected chi connectivity index (χ0v) is 8.47. The molecule has 0 aromatic carbocycles. The summed E-state index contributed by atoms with van der Waals surface area (Å²) in [6.45, 7) is 6.09. The molecule has 0 amide bonds. The van der Waals surface area contributed by atoms with Gasteiger partial charge in [-0.15, -0.1) is 0 Å². The van der Waals surface area contributed by atoms with E-state index in [4.69, 9.17) is 4.74 Å². The van der Waals surface area contributed by atoms with Gasteiger partial charge in [-0.2, -0.15) is 4.31 Å². The van der Waals surface area contributed by atoms with Crippen molar-refractivity contribution in [3.05, 3.63) is 0 Å². The van der Waals surface area contributed by atoms with E-state index in [0.29, 0.717) is 6.54 Å². The van der Waals surface area contributed by atoms with E-state index in [1.165, 1.54) is 4.31 Å². The molecule has 0 aliphatic carbocycles. The average Bonchev–Trinajstić information content (AvgIpc) is 1.94. The summed E-state index contributed by atoms with van der Waals surface area (Å²) < 4.78 is 29.3. The Balaban J connectivity index is 2.80. The minimum atomic E-state index is -3.14. The SMILES string of the molecule is CC(C)N1C[C@@H](C)OCS1(=O)=O. The van der Waals surface area contributed by atoms with E-state index in [9.17, 15) is 8.42 Å². The quantitative estimate of drug-likeness (QED) is 0.605. The van der Waals surface area contributed by atoms with Crippen molar-refractivity contribution < 1.29 is 13.2 Å². The molecule has 0 aromatic rings. The Morgan fingerprint density at radius 3 is 2.50 bits per heavy atom. The van der Waals surface area contributed by atoms with E-state index in [1.807, 2.05) is 20.8 Å². The van der Waals surface area contributed by atoms with E-state index in [-0.39, 0.29) is 18.1 Å². The highest BCUT2D eigenvalue weighted by molar-refractivity contribution is 7.89. The summed E-state index contributed by atoms with van der Waals surface area (Å²) >= 11 is 0. The largest absolute Gasteiger partial charge is 0.360 e. The molecule has 72 valence electrons. The average molecular weight is 193 g/mol. The van der Waals surface area contributed by atoms with Crippen molar-refractivity contribution in [2.45, 2.75) is 32.9 Å². The smallest absolute Gasteiger partial charge is 0.238 e. The molecule has 0 spiro atoms. The van der Waals surface area contributed by atoms with E-state index in [2.05, 4.69) is 0 Å². The summed E-state index contributed by atoms with van der Waals surface area (Å²) in [4.78, 5) is 0. The molecule has 0 aromatic heterocycles. The van der Waals surface area contributed by atoms with Crippen LogP contribution in [0.3, 0.4) is 0 Å². The molecule has 1 fully saturated rings. The fraction of sp³-hybridized carbons (Fsp3) is 1.00. The van der Waals surface area contributed by atoms with Crippen LogP contribution < -0.4 is 0 Å². The molecule has 0 saturated carbocycles. The lowest BCUT2D eigenvalue weighted by Gasteiger charge is -2.33. The van der Waals surface area contributed by atoms with Crippen molar-refractivity contribution >= 4 is 10.0 Å². The minimum Gasteiger partial charge on any atom is -0.360 e. The number of rotatable bonds is 1. The van der Waals surface area contributed by atoms with Gasteiger partial charge in [-0.3, -0.25) is 0 Å². The third-order valence-electron chi connectivity index (χ3n) is 1.87. The van der Waals surface area contributed by atoms with Crippen molar-refractivity contribution in [2.75, 3.05) is 12.5 Å². The highest BCUT2D eigenvalue weighted by atomic mass is 32.2. The van der Waals surface area contributed by atoms with Crippen molar-refractivity contribution in [3.8, 4) is 0 Å². The molecule has 1 saturated heterocycles. The van der Waals surface area contributed by atoms with Crippen molar-refractivity contribution in [3.63, 3.8) is 0 Å². The Bertz CT molecular complexity index is 247. The molecule has 0 radical (unpaired) electrons. The van der Waals surface area contributed by atoms with Crippen LogP contribution in [0.4, 0.5) is 0 Å². The Labute approximate surface area is 73.6 Å². The van der Waals surface area contributed by atoms with E-state index >= 15 is 0 Å². The minimum absolute atomic E-state index is 0.0101. The first-order chi connectivity index (χ1) is 5.43. The second-order valence-corrected chi connectivity index (χ2v) is 5.24. The third-order valence-corrected chi connectivity index (χ3v) is 3.59. The zero-order chi connectivity index (χ0) is 9.35. The molecule has 0 unspecified atom stereocenters. The Morgan fingerprint density at radius 1 is 1.50 bits per heavy atom. The molecule has 0 bridgehead atoms. The van der Waals surface area contributed by atoms with Gasteiger partial charge in [0.05, 0.1) is 6.10 Å². The summed E-state index contributed by atoms with van der Waals surface area (Å²) in [5.41, 5.74) is 0. The number of nitrogens with zero attached hydrogens (tertiary/aromatic N) is 1. The van der Waals surface area contributed by atoms with Crippen molar-refractivity contribution in [1.82, 2.24) is 4.31 Å². The van der Waals surface area contributed by atoms with E-state index in [1.54, 1.807) is 0 Å². The molecule has 0 N–H and O–H groups in total. The fourth-order valence-corrected chi connectivity index (χ4v) is 2.84. The van der Waals surface area contributed by atoms with Crippen molar-refractivity contribution in [2.24, 2.45) is 0 Å². The van der Waals surface area contributed by atoms with Crippen LogP contribution in [-0.2, 0) is 14.8 Å². The van der Waals surface area contributed by atoms with Gasteiger partial charge in [-0.25, -0.2) is 8.42 Å². The van der Waals surface area contributed by atoms with Gasteiger partial charge in [0, 0.05) is 12.6 Å². The van der Waals surface area contributed by atoms with Crippen molar-refractivity contribution in [1.29, 1.82) is 0 Å². The fourth-order valence-electron chi connectivity index (χ4n) is 1.22. The van der Waals surface area contributed by atoms with Gasteiger partial charge >= 0.3 is 0 Å². The first-order valence-electron chi connectivity index (χ1n) is 4.04. The maximum atomic E-state index is 11.4. The monoisotopic (exact) mass is 193 g/mol. The van der Waals surface area contributed by atoms with Gasteiger partial charge in [-0.05, 0) is 20.8 Å². The predicted molar refractivity (Wildman–Crippen MR) is 46.2 cm³/mol. The summed E-state index contributed by atoms with van der Waals surface area (Å²) in [5, 5.41) is 0. The normalized spacial score (nSPS) is 30.8. The Kier molecular flexibility index (Phi) is 2.75. The van der Waals surface area contributed by atoms with Crippen LogP contribution in [0.15, 0.2) is 0 Å². The predicted octanol–water partition coefficient (Wildman–Crippen LogP) is 0.403. The molecule has 1 rings (SSSR count). The second-order valence-electron chi connectivity index (χ2n) is 3.37. The van der Waals surface area contributed by atoms with Gasteiger partial charge in [0.25, 0.3) is 0 Å². The highest BCUT2D eigenvalue weighted by Gasteiger charge is 2.31. The van der Waals surface area contributed by atoms with Crippen LogP contribution in [0.1, 0.15) is 20.8 Å². The van der Waals surface area contributed by atoms with Crippen LogP contribution in [0, 0.1) is 0 Å². The second kappa shape index (κ2) is 3.32. The lowest BCUT2D eigenvalue weighted by molar-refractivity contribution is 0.0544. The highest BCUT2D eigenvalue weighted by Crippen LogP contribution is 2.15. The summed E-state index contributed by atoms with van der Waals surface area (Å²) in [6, 6.07) is 0.0290. The summed E-state index contributed by atoms with van der Waals surface area (Å²) in [7, 11) is -3.14. The topological polar surface area (TPSA) is 46.6 Å². The number of sulfonamides is 1. The van der Waals surface area contributed by atoms with Crippen LogP contribution >= 0.6 is 0 Å². The molecule has 4 nitrogen and oxygen atoms in total. The Hall–Kier alpha value is -0.130. The van der Waals surface area contributed by atoms with Gasteiger partial charge < -0.3 is 4.74 Å². The molecule has 1 atom stereocenters. The summed E-state index contributed by atoms with van der Waals surface area (Å²) in [6.07, 6.45) is 0.0101. The maximum absolute atomic E-state index is 11.4. The molecular formula is C7H15NO3S. The van der Waals surface area contributed by atoms with Gasteiger partial charge in [0.1, 0.15) is 0 Å². The Morgan fingerprint density at radius 2 is 2.08 bits per heavy atom. The van der Waals surface area contributed by atoms with Gasteiger partial charge in [0.2, 0.25) is 10.0 Å². The standard InChI is InChI=1S/C7H15NO3S/c1-6(2)8-4-7(3)11-5-12(8,9)10/h6-7H,4-5H2,1-3H3/t7-/m1/s1. The molecule has 1 heterocycles. The molecule has 5 heteroatoms. The van der Waals surface area contributed by atoms with Crippen LogP contribution in [-0.4, -0.2) is 37.4 Å². The van der Waals surface area contributed by atoms with E-state index in [0.717, 1.165) is 0 Å².